The highest BCUT2D eigenvalue weighted by atomic mass is 28.4. The SMILES string of the molecule is CCO[Si](OCC)(OCC)C(C)C(=O)Oc1ccccc1. The van der Waals surface area contributed by atoms with Gasteiger partial charge >= 0.3 is 14.8 Å². The largest absolute Gasteiger partial charge is 0.515 e. The Bertz CT molecular complexity index is 406. The monoisotopic (exact) mass is 312 g/mol. The van der Waals surface area contributed by atoms with E-state index in [0.717, 1.165) is 0 Å². The van der Waals surface area contributed by atoms with E-state index in [1.807, 2.05) is 39.0 Å². The maximum Gasteiger partial charge on any atom is 0.515 e. The minimum atomic E-state index is -3.09. The van der Waals surface area contributed by atoms with Crippen molar-refractivity contribution < 1.29 is 22.8 Å². The summed E-state index contributed by atoms with van der Waals surface area (Å²) in [7, 11) is -3.09. The molecule has 6 heteroatoms. The summed E-state index contributed by atoms with van der Waals surface area (Å²) in [6, 6.07) is 8.95. The molecule has 0 aliphatic rings. The lowest BCUT2D eigenvalue weighted by atomic mass is 10.3. The lowest BCUT2D eigenvalue weighted by Crippen LogP contribution is -2.52. The zero-order valence-electron chi connectivity index (χ0n) is 13.1. The van der Waals surface area contributed by atoms with Gasteiger partial charge in [0.15, 0.2) is 0 Å². The fraction of sp³-hybridized carbons (Fsp3) is 0.533. The zero-order valence-corrected chi connectivity index (χ0v) is 14.1. The summed E-state index contributed by atoms with van der Waals surface area (Å²) in [5, 5.41) is 0. The van der Waals surface area contributed by atoms with Gasteiger partial charge in [0.2, 0.25) is 0 Å². The van der Waals surface area contributed by atoms with Crippen molar-refractivity contribution in [2.45, 2.75) is 33.2 Å². The van der Waals surface area contributed by atoms with E-state index in [1.165, 1.54) is 0 Å². The molecule has 0 fully saturated rings. The number of ether oxygens (including phenoxy) is 1. The first-order chi connectivity index (χ1) is 10.1. The molecule has 1 unspecified atom stereocenters. The fourth-order valence-corrected chi connectivity index (χ4v) is 4.50. The van der Waals surface area contributed by atoms with Crippen LogP contribution in [0.25, 0.3) is 0 Å². The molecule has 0 spiro atoms. The van der Waals surface area contributed by atoms with Crippen molar-refractivity contribution in [2.75, 3.05) is 19.8 Å². The van der Waals surface area contributed by atoms with E-state index in [-0.39, 0.29) is 0 Å². The van der Waals surface area contributed by atoms with Crippen molar-refractivity contribution in [3.05, 3.63) is 30.3 Å². The van der Waals surface area contributed by atoms with Crippen LogP contribution in [0.3, 0.4) is 0 Å². The molecular weight excluding hydrogens is 288 g/mol. The molecule has 1 aromatic rings. The molecule has 0 radical (unpaired) electrons. The van der Waals surface area contributed by atoms with Gasteiger partial charge in [-0.3, -0.25) is 4.79 Å². The summed E-state index contributed by atoms with van der Waals surface area (Å²) in [5.41, 5.74) is -0.586. The molecule has 1 atom stereocenters. The van der Waals surface area contributed by atoms with E-state index in [2.05, 4.69) is 0 Å². The molecule has 118 valence electrons. The van der Waals surface area contributed by atoms with E-state index in [9.17, 15) is 4.79 Å². The van der Waals surface area contributed by atoms with Crippen LogP contribution in [0.1, 0.15) is 27.7 Å². The van der Waals surface area contributed by atoms with Gasteiger partial charge in [0.25, 0.3) is 0 Å². The van der Waals surface area contributed by atoms with E-state index in [0.29, 0.717) is 25.6 Å². The Labute approximate surface area is 127 Å². The third-order valence-corrected chi connectivity index (χ3v) is 6.25. The Morgan fingerprint density at radius 1 is 1.00 bits per heavy atom. The highest BCUT2D eigenvalue weighted by Gasteiger charge is 2.51. The molecule has 0 aliphatic heterocycles. The van der Waals surface area contributed by atoms with Crippen molar-refractivity contribution in [1.82, 2.24) is 0 Å². The topological polar surface area (TPSA) is 54.0 Å². The van der Waals surface area contributed by atoms with Gasteiger partial charge in [-0.2, -0.15) is 0 Å². The first-order valence-electron chi connectivity index (χ1n) is 7.28. The van der Waals surface area contributed by atoms with Crippen LogP contribution >= 0.6 is 0 Å². The van der Waals surface area contributed by atoms with Gasteiger partial charge in [-0.05, 0) is 39.8 Å². The average molecular weight is 312 g/mol. The first kappa shape index (κ1) is 17.8. The van der Waals surface area contributed by atoms with Crippen LogP contribution in [0.5, 0.6) is 5.75 Å². The van der Waals surface area contributed by atoms with Gasteiger partial charge in [0, 0.05) is 19.8 Å². The predicted octanol–water partition coefficient (Wildman–Crippen LogP) is 3.03. The third kappa shape index (κ3) is 4.92. The van der Waals surface area contributed by atoms with Crippen molar-refractivity contribution >= 4 is 14.8 Å². The van der Waals surface area contributed by atoms with Crippen molar-refractivity contribution in [3.8, 4) is 5.75 Å². The van der Waals surface area contributed by atoms with Crippen LogP contribution in [-0.2, 0) is 18.1 Å². The summed E-state index contributed by atoms with van der Waals surface area (Å²) in [6.07, 6.45) is 0. The van der Waals surface area contributed by atoms with Crippen LogP contribution in [0.15, 0.2) is 30.3 Å². The van der Waals surface area contributed by atoms with E-state index < -0.39 is 20.3 Å². The van der Waals surface area contributed by atoms with E-state index in [4.69, 9.17) is 18.0 Å². The normalized spacial score (nSPS) is 13.0. The zero-order chi connectivity index (χ0) is 15.7. The Balaban J connectivity index is 2.87. The molecule has 0 bridgehead atoms. The molecular formula is C15H24O5Si. The van der Waals surface area contributed by atoms with Crippen LogP contribution in [0, 0.1) is 0 Å². The standard InChI is InChI=1S/C15H24O5Si/c1-5-17-21(18-6-2,19-7-3)13(4)15(16)20-14-11-9-8-10-12-14/h8-13H,5-7H2,1-4H3. The number of carbonyl (C=O) groups is 1. The highest BCUT2D eigenvalue weighted by Crippen LogP contribution is 2.27. The maximum absolute atomic E-state index is 12.4. The molecule has 0 N–H and O–H groups in total. The van der Waals surface area contributed by atoms with Crippen LogP contribution < -0.4 is 4.74 Å². The molecule has 5 nitrogen and oxygen atoms in total. The van der Waals surface area contributed by atoms with Gasteiger partial charge in [0.1, 0.15) is 11.3 Å². The number of hydrogen-bond donors (Lipinski definition) is 0. The Morgan fingerprint density at radius 3 is 1.90 bits per heavy atom. The smallest absolute Gasteiger partial charge is 0.426 e. The number of esters is 1. The summed E-state index contributed by atoms with van der Waals surface area (Å²) in [4.78, 5) is 12.4. The molecule has 0 saturated carbocycles. The van der Waals surface area contributed by atoms with E-state index in [1.54, 1.807) is 19.1 Å². The van der Waals surface area contributed by atoms with Crippen molar-refractivity contribution in [2.24, 2.45) is 0 Å². The maximum atomic E-state index is 12.4. The first-order valence-corrected chi connectivity index (χ1v) is 9.08. The second-order valence-corrected chi connectivity index (χ2v) is 7.30. The molecule has 21 heavy (non-hydrogen) atoms. The second kappa shape index (κ2) is 8.94. The molecule has 0 heterocycles. The Morgan fingerprint density at radius 2 is 1.48 bits per heavy atom. The fourth-order valence-electron chi connectivity index (χ4n) is 1.94. The molecule has 0 aliphatic carbocycles. The summed E-state index contributed by atoms with van der Waals surface area (Å²) < 4.78 is 22.6. The minimum absolute atomic E-state index is 0.400. The number of carbonyl (C=O) groups excluding carboxylic acids is 1. The van der Waals surface area contributed by atoms with E-state index >= 15 is 0 Å². The van der Waals surface area contributed by atoms with Gasteiger partial charge in [-0.1, -0.05) is 18.2 Å². The van der Waals surface area contributed by atoms with Crippen LogP contribution in [0.2, 0.25) is 5.54 Å². The highest BCUT2D eigenvalue weighted by molar-refractivity contribution is 6.66. The second-order valence-electron chi connectivity index (χ2n) is 4.36. The van der Waals surface area contributed by atoms with Crippen molar-refractivity contribution in [3.63, 3.8) is 0 Å². The molecule has 0 amide bonds. The third-order valence-electron chi connectivity index (χ3n) is 2.88. The van der Waals surface area contributed by atoms with Gasteiger partial charge in [0.05, 0.1) is 0 Å². The summed E-state index contributed by atoms with van der Waals surface area (Å²) in [5.74, 6) is 0.102. The van der Waals surface area contributed by atoms with Crippen molar-refractivity contribution in [1.29, 1.82) is 0 Å². The molecule has 1 aromatic carbocycles. The minimum Gasteiger partial charge on any atom is -0.426 e. The summed E-state index contributed by atoms with van der Waals surface area (Å²) >= 11 is 0. The molecule has 1 rings (SSSR count). The van der Waals surface area contributed by atoms with Gasteiger partial charge < -0.3 is 18.0 Å². The number of hydrogen-bond acceptors (Lipinski definition) is 5. The summed E-state index contributed by atoms with van der Waals surface area (Å²) in [6.45, 7) is 8.58. The number of para-hydroxylation sites is 1. The predicted molar refractivity (Wildman–Crippen MR) is 82.1 cm³/mol. The lowest BCUT2D eigenvalue weighted by molar-refractivity contribution is -0.135. The van der Waals surface area contributed by atoms with Crippen LogP contribution in [-0.4, -0.2) is 34.6 Å². The lowest BCUT2D eigenvalue weighted by Gasteiger charge is -2.32. The number of benzene rings is 1. The van der Waals surface area contributed by atoms with Crippen LogP contribution in [0.4, 0.5) is 0 Å². The molecule has 0 aromatic heterocycles. The van der Waals surface area contributed by atoms with Gasteiger partial charge in [-0.15, -0.1) is 0 Å². The molecule has 0 saturated heterocycles. The average Bonchev–Trinajstić information content (AvgIpc) is 2.48. The quantitative estimate of drug-likeness (QED) is 0.398. The Hall–Kier alpha value is -1.21. The number of rotatable bonds is 9. The Kier molecular flexibility index (Phi) is 7.59. The van der Waals surface area contributed by atoms with Gasteiger partial charge in [-0.25, -0.2) is 0 Å².